The van der Waals surface area contributed by atoms with Crippen molar-refractivity contribution in [3.63, 3.8) is 0 Å². The minimum Gasteiger partial charge on any atom is -0.454 e. The summed E-state index contributed by atoms with van der Waals surface area (Å²) in [7, 11) is 0. The predicted molar refractivity (Wildman–Crippen MR) is 120 cm³/mol. The standard InChI is InChI=1S/C20H23N5O2.HI/c1-3-21-20(22-10-15-7-8-17-18(9-15)27-13-26-17)23-11-16-12-25-14(2)5-4-6-19(25)24-16;/h4-9,12H,3,10-11,13H2,1-2H3,(H2,21,22,23);1H. The Hall–Kier alpha value is -2.49. The highest BCUT2D eigenvalue weighted by molar-refractivity contribution is 14.0. The molecule has 0 unspecified atom stereocenters. The minimum atomic E-state index is 0. The topological polar surface area (TPSA) is 72.2 Å². The van der Waals surface area contributed by atoms with E-state index < -0.39 is 0 Å². The molecule has 0 saturated carbocycles. The van der Waals surface area contributed by atoms with Crippen molar-refractivity contribution < 1.29 is 9.47 Å². The van der Waals surface area contributed by atoms with Gasteiger partial charge < -0.3 is 24.5 Å². The Kier molecular flexibility index (Phi) is 6.61. The smallest absolute Gasteiger partial charge is 0.231 e. The van der Waals surface area contributed by atoms with Crippen LogP contribution in [0, 0.1) is 6.92 Å². The second kappa shape index (κ2) is 9.13. The van der Waals surface area contributed by atoms with Crippen LogP contribution in [0.2, 0.25) is 0 Å². The summed E-state index contributed by atoms with van der Waals surface area (Å²) in [5, 5.41) is 6.62. The summed E-state index contributed by atoms with van der Waals surface area (Å²) in [6.07, 6.45) is 2.05. The first-order valence-electron chi connectivity index (χ1n) is 9.07. The van der Waals surface area contributed by atoms with Crippen molar-refractivity contribution in [2.24, 2.45) is 4.99 Å². The lowest BCUT2D eigenvalue weighted by Crippen LogP contribution is -2.36. The normalized spacial score (nSPS) is 12.7. The fourth-order valence-electron chi connectivity index (χ4n) is 3.01. The molecule has 0 radical (unpaired) electrons. The lowest BCUT2D eigenvalue weighted by Gasteiger charge is -2.10. The fourth-order valence-corrected chi connectivity index (χ4v) is 3.01. The monoisotopic (exact) mass is 493 g/mol. The number of pyridine rings is 1. The van der Waals surface area contributed by atoms with Crippen LogP contribution in [0.3, 0.4) is 0 Å². The predicted octanol–water partition coefficient (Wildman–Crippen LogP) is 3.24. The molecule has 0 saturated heterocycles. The van der Waals surface area contributed by atoms with Crippen LogP contribution in [0.4, 0.5) is 0 Å². The van der Waals surface area contributed by atoms with Crippen LogP contribution in [0.1, 0.15) is 23.9 Å². The highest BCUT2D eigenvalue weighted by atomic mass is 127. The molecule has 0 fully saturated rings. The first-order valence-corrected chi connectivity index (χ1v) is 9.07. The molecule has 0 spiro atoms. The number of rotatable bonds is 5. The Balaban J connectivity index is 0.00000225. The van der Waals surface area contributed by atoms with Gasteiger partial charge in [-0.2, -0.15) is 0 Å². The molecule has 3 aromatic rings. The van der Waals surface area contributed by atoms with Gasteiger partial charge in [0.1, 0.15) is 5.65 Å². The third-order valence-electron chi connectivity index (χ3n) is 4.38. The van der Waals surface area contributed by atoms with Gasteiger partial charge in [-0.3, -0.25) is 0 Å². The van der Waals surface area contributed by atoms with Gasteiger partial charge in [0.15, 0.2) is 17.5 Å². The zero-order chi connectivity index (χ0) is 18.6. The van der Waals surface area contributed by atoms with Gasteiger partial charge in [0.05, 0.1) is 18.8 Å². The van der Waals surface area contributed by atoms with E-state index in [9.17, 15) is 0 Å². The van der Waals surface area contributed by atoms with Crippen LogP contribution in [0.25, 0.3) is 5.65 Å². The molecule has 1 aromatic carbocycles. The Morgan fingerprint density at radius 3 is 2.86 bits per heavy atom. The van der Waals surface area contributed by atoms with Crippen LogP contribution < -0.4 is 20.1 Å². The van der Waals surface area contributed by atoms with Crippen molar-refractivity contribution in [2.45, 2.75) is 26.9 Å². The van der Waals surface area contributed by atoms with Crippen LogP contribution in [0.15, 0.2) is 47.6 Å². The summed E-state index contributed by atoms with van der Waals surface area (Å²) in [5.41, 5.74) is 4.15. The number of guanidine groups is 1. The number of aromatic nitrogens is 2. The summed E-state index contributed by atoms with van der Waals surface area (Å²) in [4.78, 5) is 9.31. The molecule has 3 heterocycles. The van der Waals surface area contributed by atoms with Gasteiger partial charge in [0.25, 0.3) is 0 Å². The number of benzene rings is 1. The molecule has 0 bridgehead atoms. The summed E-state index contributed by atoms with van der Waals surface area (Å²) >= 11 is 0. The molecule has 2 aromatic heterocycles. The van der Waals surface area contributed by atoms with Crippen LogP contribution in [-0.2, 0) is 13.1 Å². The highest BCUT2D eigenvalue weighted by Crippen LogP contribution is 2.32. The zero-order valence-corrected chi connectivity index (χ0v) is 18.3. The largest absolute Gasteiger partial charge is 0.454 e. The third-order valence-corrected chi connectivity index (χ3v) is 4.38. The van der Waals surface area contributed by atoms with Crippen molar-refractivity contribution in [3.05, 3.63) is 59.5 Å². The molecule has 0 atom stereocenters. The van der Waals surface area contributed by atoms with Gasteiger partial charge in [-0.25, -0.2) is 9.98 Å². The molecular weight excluding hydrogens is 469 g/mol. The van der Waals surface area contributed by atoms with Gasteiger partial charge in [0, 0.05) is 18.4 Å². The van der Waals surface area contributed by atoms with Crippen LogP contribution in [0.5, 0.6) is 11.5 Å². The Morgan fingerprint density at radius 2 is 2.04 bits per heavy atom. The third kappa shape index (κ3) is 4.49. The van der Waals surface area contributed by atoms with Crippen molar-refractivity contribution in [1.29, 1.82) is 0 Å². The summed E-state index contributed by atoms with van der Waals surface area (Å²) < 4.78 is 12.9. The van der Waals surface area contributed by atoms with E-state index in [0.717, 1.165) is 46.6 Å². The van der Waals surface area contributed by atoms with E-state index in [1.165, 1.54) is 0 Å². The van der Waals surface area contributed by atoms with Gasteiger partial charge in [0.2, 0.25) is 6.79 Å². The number of nitrogens with zero attached hydrogens (tertiary/aromatic N) is 3. The molecule has 148 valence electrons. The number of aliphatic imine (C=N–C) groups is 1. The first-order chi connectivity index (χ1) is 13.2. The minimum absolute atomic E-state index is 0. The van der Waals surface area contributed by atoms with E-state index in [1.54, 1.807) is 0 Å². The van der Waals surface area contributed by atoms with Gasteiger partial charge in [-0.05, 0) is 43.7 Å². The van der Waals surface area contributed by atoms with E-state index in [0.29, 0.717) is 13.1 Å². The van der Waals surface area contributed by atoms with Crippen molar-refractivity contribution in [2.75, 3.05) is 13.3 Å². The zero-order valence-electron chi connectivity index (χ0n) is 15.9. The Bertz CT molecular complexity index is 986. The summed E-state index contributed by atoms with van der Waals surface area (Å²) in [5.74, 6) is 2.32. The average molecular weight is 493 g/mol. The molecule has 0 amide bonds. The molecule has 1 aliphatic heterocycles. The SMILES string of the molecule is CCNC(=NCc1ccc2c(c1)OCO2)NCc1cn2c(C)cccc2n1.I. The van der Waals surface area contributed by atoms with Gasteiger partial charge >= 0.3 is 0 Å². The van der Waals surface area contributed by atoms with Crippen molar-refractivity contribution in [1.82, 2.24) is 20.0 Å². The molecule has 1 aliphatic rings. The number of ether oxygens (including phenoxy) is 2. The van der Waals surface area contributed by atoms with E-state index in [2.05, 4.69) is 44.2 Å². The molecule has 28 heavy (non-hydrogen) atoms. The summed E-state index contributed by atoms with van der Waals surface area (Å²) in [6, 6.07) is 12.0. The van der Waals surface area contributed by atoms with Gasteiger partial charge in [-0.1, -0.05) is 12.1 Å². The number of aryl methyl sites for hydroxylation is 1. The maximum absolute atomic E-state index is 5.42. The molecule has 2 N–H and O–H groups in total. The van der Waals surface area contributed by atoms with E-state index in [4.69, 9.17) is 9.47 Å². The number of hydrogen-bond acceptors (Lipinski definition) is 4. The average Bonchev–Trinajstić information content (AvgIpc) is 3.30. The lowest BCUT2D eigenvalue weighted by molar-refractivity contribution is 0.174. The number of fused-ring (bicyclic) bond motifs is 2. The van der Waals surface area contributed by atoms with E-state index in [-0.39, 0.29) is 30.8 Å². The fraction of sp³-hybridized carbons (Fsp3) is 0.300. The van der Waals surface area contributed by atoms with E-state index >= 15 is 0 Å². The Morgan fingerprint density at radius 1 is 1.18 bits per heavy atom. The molecule has 4 rings (SSSR count). The maximum atomic E-state index is 5.42. The van der Waals surface area contributed by atoms with Crippen LogP contribution in [-0.4, -0.2) is 28.7 Å². The molecule has 0 aliphatic carbocycles. The second-order valence-electron chi connectivity index (χ2n) is 6.36. The second-order valence-corrected chi connectivity index (χ2v) is 6.36. The number of nitrogens with one attached hydrogen (secondary N) is 2. The lowest BCUT2D eigenvalue weighted by atomic mass is 10.2. The quantitative estimate of drug-likeness (QED) is 0.325. The number of halogens is 1. The van der Waals surface area contributed by atoms with Crippen molar-refractivity contribution >= 4 is 35.6 Å². The van der Waals surface area contributed by atoms with Crippen LogP contribution >= 0.6 is 24.0 Å². The molecule has 8 heteroatoms. The maximum Gasteiger partial charge on any atom is 0.231 e. The highest BCUT2D eigenvalue weighted by Gasteiger charge is 2.13. The molecule has 7 nitrogen and oxygen atoms in total. The summed E-state index contributed by atoms with van der Waals surface area (Å²) in [6.45, 7) is 6.35. The Labute approximate surface area is 181 Å². The number of hydrogen-bond donors (Lipinski definition) is 2. The van der Waals surface area contributed by atoms with E-state index in [1.807, 2.05) is 37.3 Å². The van der Waals surface area contributed by atoms with Gasteiger partial charge in [-0.15, -0.1) is 24.0 Å². The first kappa shape index (κ1) is 20.2. The number of imidazole rings is 1. The molecular formula is C20H24IN5O2. The van der Waals surface area contributed by atoms with Crippen molar-refractivity contribution in [3.8, 4) is 11.5 Å².